The predicted octanol–water partition coefficient (Wildman–Crippen LogP) is 1.85. The summed E-state index contributed by atoms with van der Waals surface area (Å²) in [6.07, 6.45) is 1.86. The molecule has 2 rings (SSSR count). The standard InChI is InChI=1S/C21H26N2O3/c1-21(26,14-12-17-8-4-2-5-9-17)16-23-20(25)19(24)22-15-13-18-10-6-3-7-11-18/h2-11,26H,12-16H2,1H3,(H,22,24)(H,23,25). The highest BCUT2D eigenvalue weighted by Gasteiger charge is 2.23. The fourth-order valence-electron chi connectivity index (χ4n) is 2.54. The van der Waals surface area contributed by atoms with E-state index < -0.39 is 17.4 Å². The molecule has 5 nitrogen and oxygen atoms in total. The molecule has 2 amide bonds. The first kappa shape index (κ1) is 19.7. The van der Waals surface area contributed by atoms with Gasteiger partial charge in [0.2, 0.25) is 0 Å². The lowest BCUT2D eigenvalue weighted by Crippen LogP contribution is -2.47. The van der Waals surface area contributed by atoms with Gasteiger partial charge in [0.25, 0.3) is 0 Å². The van der Waals surface area contributed by atoms with Gasteiger partial charge in [-0.05, 0) is 37.3 Å². The van der Waals surface area contributed by atoms with E-state index in [-0.39, 0.29) is 6.54 Å². The van der Waals surface area contributed by atoms with Gasteiger partial charge >= 0.3 is 11.8 Å². The largest absolute Gasteiger partial charge is 0.388 e. The van der Waals surface area contributed by atoms with Crippen molar-refractivity contribution >= 4 is 11.8 Å². The second-order valence-electron chi connectivity index (χ2n) is 6.66. The van der Waals surface area contributed by atoms with Gasteiger partial charge in [0.1, 0.15) is 0 Å². The zero-order valence-corrected chi connectivity index (χ0v) is 15.1. The monoisotopic (exact) mass is 354 g/mol. The fraction of sp³-hybridized carbons (Fsp3) is 0.333. The van der Waals surface area contributed by atoms with E-state index in [2.05, 4.69) is 10.6 Å². The molecule has 0 aliphatic rings. The molecule has 0 aliphatic carbocycles. The topological polar surface area (TPSA) is 78.4 Å². The smallest absolute Gasteiger partial charge is 0.309 e. The molecule has 0 heterocycles. The summed E-state index contributed by atoms with van der Waals surface area (Å²) in [7, 11) is 0. The van der Waals surface area contributed by atoms with Crippen molar-refractivity contribution < 1.29 is 14.7 Å². The van der Waals surface area contributed by atoms with Gasteiger partial charge in [-0.25, -0.2) is 0 Å². The van der Waals surface area contributed by atoms with Crippen LogP contribution < -0.4 is 10.6 Å². The Bertz CT molecular complexity index is 700. The molecule has 2 aromatic carbocycles. The third kappa shape index (κ3) is 7.07. The molecule has 26 heavy (non-hydrogen) atoms. The molecule has 0 saturated carbocycles. The molecule has 0 radical (unpaired) electrons. The summed E-state index contributed by atoms with van der Waals surface area (Å²) in [6, 6.07) is 19.6. The van der Waals surface area contributed by atoms with Crippen LogP contribution in [-0.2, 0) is 22.4 Å². The maximum atomic E-state index is 11.9. The lowest BCUT2D eigenvalue weighted by Gasteiger charge is -2.23. The first-order chi connectivity index (χ1) is 12.5. The minimum atomic E-state index is -1.07. The molecule has 0 spiro atoms. The van der Waals surface area contributed by atoms with Crippen molar-refractivity contribution in [3.63, 3.8) is 0 Å². The van der Waals surface area contributed by atoms with Crippen LogP contribution in [0.15, 0.2) is 60.7 Å². The van der Waals surface area contributed by atoms with E-state index in [1.165, 1.54) is 0 Å². The van der Waals surface area contributed by atoms with Gasteiger partial charge in [0, 0.05) is 13.1 Å². The Morgan fingerprint density at radius 2 is 1.35 bits per heavy atom. The van der Waals surface area contributed by atoms with Crippen molar-refractivity contribution in [1.29, 1.82) is 0 Å². The Morgan fingerprint density at radius 1 is 0.846 bits per heavy atom. The molecular weight excluding hydrogens is 328 g/mol. The summed E-state index contributed by atoms with van der Waals surface area (Å²) in [5, 5.41) is 15.5. The number of rotatable bonds is 8. The van der Waals surface area contributed by atoms with Crippen LogP contribution in [0.25, 0.3) is 0 Å². The van der Waals surface area contributed by atoms with Crippen LogP contribution in [0.2, 0.25) is 0 Å². The predicted molar refractivity (Wildman–Crippen MR) is 102 cm³/mol. The number of aryl methyl sites for hydroxylation is 1. The zero-order chi connectivity index (χ0) is 18.8. The Labute approximate surface area is 154 Å². The molecule has 3 N–H and O–H groups in total. The second-order valence-corrected chi connectivity index (χ2v) is 6.66. The number of hydrogen-bond donors (Lipinski definition) is 3. The van der Waals surface area contributed by atoms with Gasteiger partial charge < -0.3 is 15.7 Å². The molecule has 2 aromatic rings. The second kappa shape index (κ2) is 9.73. The molecule has 1 unspecified atom stereocenters. The van der Waals surface area contributed by atoms with Gasteiger partial charge in [-0.1, -0.05) is 60.7 Å². The molecular formula is C21H26N2O3. The summed E-state index contributed by atoms with van der Waals surface area (Å²) < 4.78 is 0. The van der Waals surface area contributed by atoms with Crippen LogP contribution in [0.5, 0.6) is 0 Å². The van der Waals surface area contributed by atoms with E-state index >= 15 is 0 Å². The Morgan fingerprint density at radius 3 is 1.92 bits per heavy atom. The minimum absolute atomic E-state index is 0.0325. The highest BCUT2D eigenvalue weighted by Crippen LogP contribution is 2.13. The van der Waals surface area contributed by atoms with E-state index in [0.717, 1.165) is 11.1 Å². The maximum Gasteiger partial charge on any atom is 0.309 e. The molecule has 0 aromatic heterocycles. The fourth-order valence-corrected chi connectivity index (χ4v) is 2.54. The molecule has 0 bridgehead atoms. The van der Waals surface area contributed by atoms with Crippen molar-refractivity contribution in [2.24, 2.45) is 0 Å². The number of carbonyl (C=O) groups excluding carboxylic acids is 2. The SMILES string of the molecule is CC(O)(CCc1ccccc1)CNC(=O)C(=O)NCCc1ccccc1. The van der Waals surface area contributed by atoms with E-state index in [0.29, 0.717) is 25.8 Å². The van der Waals surface area contributed by atoms with E-state index in [9.17, 15) is 14.7 Å². The van der Waals surface area contributed by atoms with Gasteiger partial charge in [-0.15, -0.1) is 0 Å². The van der Waals surface area contributed by atoms with Crippen molar-refractivity contribution in [2.75, 3.05) is 13.1 Å². The molecule has 138 valence electrons. The first-order valence-electron chi connectivity index (χ1n) is 8.82. The van der Waals surface area contributed by atoms with Gasteiger partial charge in [-0.2, -0.15) is 0 Å². The number of nitrogens with one attached hydrogen (secondary N) is 2. The van der Waals surface area contributed by atoms with E-state index in [1.807, 2.05) is 60.7 Å². The average molecular weight is 354 g/mol. The van der Waals surface area contributed by atoms with Gasteiger partial charge in [-0.3, -0.25) is 9.59 Å². The maximum absolute atomic E-state index is 11.9. The minimum Gasteiger partial charge on any atom is -0.388 e. The number of hydrogen-bond acceptors (Lipinski definition) is 3. The molecule has 5 heteroatoms. The summed E-state index contributed by atoms with van der Waals surface area (Å²) in [5.74, 6) is -1.40. The highest BCUT2D eigenvalue weighted by atomic mass is 16.3. The van der Waals surface area contributed by atoms with Gasteiger partial charge in [0.05, 0.1) is 5.60 Å². The zero-order valence-electron chi connectivity index (χ0n) is 15.1. The third-order valence-corrected chi connectivity index (χ3v) is 4.17. The van der Waals surface area contributed by atoms with Gasteiger partial charge in [0.15, 0.2) is 0 Å². The Hall–Kier alpha value is -2.66. The quantitative estimate of drug-likeness (QED) is 0.633. The van der Waals surface area contributed by atoms with Crippen LogP contribution in [0.4, 0.5) is 0 Å². The van der Waals surface area contributed by atoms with Crippen LogP contribution >= 0.6 is 0 Å². The Balaban J connectivity index is 1.68. The van der Waals surface area contributed by atoms with E-state index in [4.69, 9.17) is 0 Å². The third-order valence-electron chi connectivity index (χ3n) is 4.17. The van der Waals surface area contributed by atoms with Crippen molar-refractivity contribution in [2.45, 2.75) is 31.8 Å². The molecule has 1 atom stereocenters. The van der Waals surface area contributed by atoms with Crippen LogP contribution in [-0.4, -0.2) is 35.6 Å². The van der Waals surface area contributed by atoms with Crippen LogP contribution in [0.3, 0.4) is 0 Å². The molecule has 0 fully saturated rings. The van der Waals surface area contributed by atoms with Crippen LogP contribution in [0, 0.1) is 0 Å². The lowest BCUT2D eigenvalue weighted by molar-refractivity contribution is -0.139. The summed E-state index contributed by atoms with van der Waals surface area (Å²) in [4.78, 5) is 23.7. The first-order valence-corrected chi connectivity index (χ1v) is 8.82. The van der Waals surface area contributed by atoms with Crippen molar-refractivity contribution in [3.8, 4) is 0 Å². The number of carbonyl (C=O) groups is 2. The van der Waals surface area contributed by atoms with E-state index in [1.54, 1.807) is 6.92 Å². The normalized spacial score (nSPS) is 12.8. The van der Waals surface area contributed by atoms with Crippen molar-refractivity contribution in [1.82, 2.24) is 10.6 Å². The van der Waals surface area contributed by atoms with Crippen molar-refractivity contribution in [3.05, 3.63) is 71.8 Å². The highest BCUT2D eigenvalue weighted by molar-refractivity contribution is 6.35. The number of aliphatic hydroxyl groups is 1. The number of benzene rings is 2. The molecule has 0 aliphatic heterocycles. The Kier molecular flexibility index (Phi) is 7.36. The summed E-state index contributed by atoms with van der Waals surface area (Å²) >= 11 is 0. The number of amides is 2. The lowest BCUT2D eigenvalue weighted by atomic mass is 9.97. The average Bonchev–Trinajstić information content (AvgIpc) is 2.66. The molecule has 0 saturated heterocycles. The summed E-state index contributed by atoms with van der Waals surface area (Å²) in [5.41, 5.74) is 1.14. The van der Waals surface area contributed by atoms with Crippen LogP contribution in [0.1, 0.15) is 24.5 Å². The summed E-state index contributed by atoms with van der Waals surface area (Å²) in [6.45, 7) is 2.08.